The van der Waals surface area contributed by atoms with Gasteiger partial charge in [0.05, 0.1) is 12.4 Å². The lowest BCUT2D eigenvalue weighted by Gasteiger charge is -2.21. The Morgan fingerprint density at radius 3 is 2.56 bits per heavy atom. The van der Waals surface area contributed by atoms with Crippen LogP contribution in [-0.4, -0.2) is 37.5 Å². The van der Waals surface area contributed by atoms with E-state index in [-0.39, 0.29) is 5.84 Å². The van der Waals surface area contributed by atoms with Gasteiger partial charge in [-0.3, -0.25) is 10.3 Å². The normalized spacial score (nSPS) is 10.8. The SMILES string of the molecule is COCCN(CCC(=N)N)Cc1ccc(Br)cc1. The first-order valence-corrected chi connectivity index (χ1v) is 6.69. The highest BCUT2D eigenvalue weighted by Gasteiger charge is 2.06. The zero-order valence-corrected chi connectivity index (χ0v) is 12.2. The van der Waals surface area contributed by atoms with Crippen molar-refractivity contribution in [3.8, 4) is 0 Å². The van der Waals surface area contributed by atoms with Crippen LogP contribution >= 0.6 is 15.9 Å². The second-order valence-electron chi connectivity index (χ2n) is 4.17. The van der Waals surface area contributed by atoms with Crippen molar-refractivity contribution >= 4 is 21.8 Å². The highest BCUT2D eigenvalue weighted by atomic mass is 79.9. The van der Waals surface area contributed by atoms with Gasteiger partial charge in [-0.25, -0.2) is 0 Å². The maximum atomic E-state index is 7.29. The third kappa shape index (κ3) is 6.14. The Labute approximate surface area is 117 Å². The maximum Gasteiger partial charge on any atom is 0.0918 e. The van der Waals surface area contributed by atoms with Gasteiger partial charge < -0.3 is 10.5 Å². The highest BCUT2D eigenvalue weighted by molar-refractivity contribution is 9.10. The Balaban J connectivity index is 2.53. The Hall–Kier alpha value is -0.910. The van der Waals surface area contributed by atoms with Gasteiger partial charge in [0.15, 0.2) is 0 Å². The average molecular weight is 314 g/mol. The number of benzene rings is 1. The monoisotopic (exact) mass is 313 g/mol. The van der Waals surface area contributed by atoms with Crippen LogP contribution in [0, 0.1) is 5.41 Å². The van der Waals surface area contributed by atoms with E-state index in [0.29, 0.717) is 13.0 Å². The van der Waals surface area contributed by atoms with E-state index < -0.39 is 0 Å². The molecule has 18 heavy (non-hydrogen) atoms. The first-order chi connectivity index (χ1) is 8.61. The fraction of sp³-hybridized carbons (Fsp3) is 0.462. The molecule has 0 atom stereocenters. The van der Waals surface area contributed by atoms with Crippen molar-refractivity contribution in [2.45, 2.75) is 13.0 Å². The second-order valence-corrected chi connectivity index (χ2v) is 5.09. The minimum atomic E-state index is 0.230. The van der Waals surface area contributed by atoms with Crippen LogP contribution in [0.25, 0.3) is 0 Å². The zero-order valence-electron chi connectivity index (χ0n) is 10.7. The number of nitrogens with zero attached hydrogens (tertiary/aromatic N) is 1. The van der Waals surface area contributed by atoms with E-state index in [1.54, 1.807) is 7.11 Å². The van der Waals surface area contributed by atoms with Crippen molar-refractivity contribution < 1.29 is 4.74 Å². The fourth-order valence-electron chi connectivity index (χ4n) is 1.62. The van der Waals surface area contributed by atoms with Gasteiger partial charge >= 0.3 is 0 Å². The summed E-state index contributed by atoms with van der Waals surface area (Å²) in [6.07, 6.45) is 0.597. The smallest absolute Gasteiger partial charge is 0.0918 e. The number of nitrogens with two attached hydrogens (primary N) is 1. The number of hydrogen-bond donors (Lipinski definition) is 2. The largest absolute Gasteiger partial charge is 0.388 e. The van der Waals surface area contributed by atoms with Crippen LogP contribution in [0.15, 0.2) is 28.7 Å². The molecule has 0 unspecified atom stereocenters. The van der Waals surface area contributed by atoms with Crippen LogP contribution in [0.3, 0.4) is 0 Å². The van der Waals surface area contributed by atoms with E-state index in [4.69, 9.17) is 15.9 Å². The first kappa shape index (κ1) is 15.1. The molecule has 0 heterocycles. The molecule has 0 aromatic heterocycles. The molecule has 0 fully saturated rings. The molecule has 0 radical (unpaired) electrons. The van der Waals surface area contributed by atoms with Crippen molar-refractivity contribution in [3.63, 3.8) is 0 Å². The van der Waals surface area contributed by atoms with Gasteiger partial charge in [-0.05, 0) is 17.7 Å². The predicted octanol–water partition coefficient (Wildman–Crippen LogP) is 2.22. The summed E-state index contributed by atoms with van der Waals surface area (Å²) in [5, 5.41) is 7.29. The van der Waals surface area contributed by atoms with E-state index >= 15 is 0 Å². The summed E-state index contributed by atoms with van der Waals surface area (Å²) in [7, 11) is 1.70. The van der Waals surface area contributed by atoms with E-state index in [1.165, 1.54) is 5.56 Å². The summed E-state index contributed by atoms with van der Waals surface area (Å²) < 4.78 is 6.18. The topological polar surface area (TPSA) is 62.3 Å². The lowest BCUT2D eigenvalue weighted by Crippen LogP contribution is -2.30. The van der Waals surface area contributed by atoms with Gasteiger partial charge in [0.1, 0.15) is 0 Å². The molecule has 0 saturated heterocycles. The third-order valence-corrected chi connectivity index (χ3v) is 3.16. The lowest BCUT2D eigenvalue weighted by molar-refractivity contribution is 0.145. The summed E-state index contributed by atoms with van der Waals surface area (Å²) in [6.45, 7) is 3.17. The molecular formula is C13H20BrN3O. The minimum Gasteiger partial charge on any atom is -0.388 e. The molecule has 0 amide bonds. The van der Waals surface area contributed by atoms with Crippen LogP contribution in [-0.2, 0) is 11.3 Å². The molecule has 1 aromatic carbocycles. The molecule has 0 aliphatic heterocycles. The molecule has 0 saturated carbocycles. The number of ether oxygens (including phenoxy) is 1. The van der Waals surface area contributed by atoms with Crippen LogP contribution in [0.5, 0.6) is 0 Å². The van der Waals surface area contributed by atoms with Crippen LogP contribution in [0.2, 0.25) is 0 Å². The summed E-state index contributed by atoms with van der Waals surface area (Å²) in [5.74, 6) is 0.230. The molecular weight excluding hydrogens is 294 g/mol. The molecule has 4 nitrogen and oxygen atoms in total. The molecule has 5 heteroatoms. The Kier molecular flexibility index (Phi) is 6.93. The Morgan fingerprint density at radius 2 is 2.00 bits per heavy atom. The zero-order chi connectivity index (χ0) is 13.4. The molecule has 0 spiro atoms. The average Bonchev–Trinajstić information content (AvgIpc) is 2.35. The third-order valence-electron chi connectivity index (χ3n) is 2.63. The van der Waals surface area contributed by atoms with Crippen molar-refractivity contribution in [3.05, 3.63) is 34.3 Å². The maximum absolute atomic E-state index is 7.29. The van der Waals surface area contributed by atoms with E-state index in [0.717, 1.165) is 24.1 Å². The molecule has 0 aliphatic carbocycles. The van der Waals surface area contributed by atoms with Gasteiger partial charge in [0.2, 0.25) is 0 Å². The van der Waals surface area contributed by atoms with Gasteiger partial charge in [-0.1, -0.05) is 28.1 Å². The minimum absolute atomic E-state index is 0.230. The molecule has 1 aromatic rings. The standard InChI is InChI=1S/C13H20BrN3O/c1-18-9-8-17(7-6-13(15)16)10-11-2-4-12(14)5-3-11/h2-5H,6-10H2,1H3,(H3,15,16). The molecule has 0 aliphatic rings. The number of halogens is 1. The summed E-state index contributed by atoms with van der Waals surface area (Å²) in [6, 6.07) is 8.26. The Bertz CT molecular complexity index is 367. The van der Waals surface area contributed by atoms with Crippen molar-refractivity contribution in [1.29, 1.82) is 5.41 Å². The first-order valence-electron chi connectivity index (χ1n) is 5.90. The molecule has 100 valence electrons. The summed E-state index contributed by atoms with van der Waals surface area (Å²) >= 11 is 3.43. The number of amidine groups is 1. The number of rotatable bonds is 8. The molecule has 0 bridgehead atoms. The predicted molar refractivity (Wildman–Crippen MR) is 77.8 cm³/mol. The van der Waals surface area contributed by atoms with Crippen LogP contribution in [0.1, 0.15) is 12.0 Å². The Morgan fingerprint density at radius 1 is 1.33 bits per heavy atom. The van der Waals surface area contributed by atoms with Gasteiger partial charge in [-0.2, -0.15) is 0 Å². The number of nitrogens with one attached hydrogen (secondary N) is 1. The van der Waals surface area contributed by atoms with E-state index in [2.05, 4.69) is 33.0 Å². The van der Waals surface area contributed by atoms with E-state index in [9.17, 15) is 0 Å². The van der Waals surface area contributed by atoms with Crippen molar-refractivity contribution in [2.75, 3.05) is 26.8 Å². The fourth-order valence-corrected chi connectivity index (χ4v) is 1.88. The van der Waals surface area contributed by atoms with Gasteiger partial charge in [0.25, 0.3) is 0 Å². The van der Waals surface area contributed by atoms with E-state index in [1.807, 2.05) is 12.1 Å². The molecule has 1 rings (SSSR count). The second kappa shape index (κ2) is 8.24. The van der Waals surface area contributed by atoms with Gasteiger partial charge in [-0.15, -0.1) is 0 Å². The van der Waals surface area contributed by atoms with Gasteiger partial charge in [0, 0.05) is 37.6 Å². The van der Waals surface area contributed by atoms with Crippen LogP contribution in [0.4, 0.5) is 0 Å². The lowest BCUT2D eigenvalue weighted by atomic mass is 10.2. The number of methoxy groups -OCH3 is 1. The van der Waals surface area contributed by atoms with Crippen molar-refractivity contribution in [1.82, 2.24) is 4.90 Å². The van der Waals surface area contributed by atoms with Crippen LogP contribution < -0.4 is 5.73 Å². The highest BCUT2D eigenvalue weighted by Crippen LogP contribution is 2.12. The summed E-state index contributed by atoms with van der Waals surface area (Å²) in [5.41, 5.74) is 6.65. The van der Waals surface area contributed by atoms with Crippen molar-refractivity contribution in [2.24, 2.45) is 5.73 Å². The quantitative estimate of drug-likeness (QED) is 0.571. The molecule has 3 N–H and O–H groups in total. The number of hydrogen-bond acceptors (Lipinski definition) is 3. The summed E-state index contributed by atoms with van der Waals surface area (Å²) in [4.78, 5) is 2.24.